The van der Waals surface area contributed by atoms with Gasteiger partial charge in [-0.1, -0.05) is 30.3 Å². The first-order valence-electron chi connectivity index (χ1n) is 8.67. The minimum Gasteiger partial charge on any atom is -0.481 e. The van der Waals surface area contributed by atoms with Gasteiger partial charge in [-0.15, -0.1) is 0 Å². The fourth-order valence-corrected chi connectivity index (χ4v) is 3.26. The Kier molecular flexibility index (Phi) is 6.74. The van der Waals surface area contributed by atoms with Crippen LogP contribution in [-0.2, 0) is 25.7 Å². The van der Waals surface area contributed by atoms with Crippen LogP contribution in [-0.4, -0.2) is 66.0 Å². The molecule has 0 aliphatic carbocycles. The maximum Gasteiger partial charge on any atom is 0.313 e. The number of likely N-dealkylation sites (tertiary alicyclic amines) is 1. The molecular formula is C19H26N2O5. The van der Waals surface area contributed by atoms with E-state index in [4.69, 9.17) is 4.74 Å². The molecule has 7 heteroatoms. The van der Waals surface area contributed by atoms with Crippen molar-refractivity contribution in [3.8, 4) is 0 Å². The molecule has 2 rings (SSSR count). The third kappa shape index (κ3) is 4.82. The minimum atomic E-state index is -1.03. The van der Waals surface area contributed by atoms with Crippen LogP contribution < -0.4 is 0 Å². The van der Waals surface area contributed by atoms with Gasteiger partial charge in [0.2, 0.25) is 11.8 Å². The van der Waals surface area contributed by atoms with E-state index in [2.05, 4.69) is 0 Å². The van der Waals surface area contributed by atoms with Crippen molar-refractivity contribution in [3.05, 3.63) is 35.9 Å². The first kappa shape index (κ1) is 19.9. The van der Waals surface area contributed by atoms with Crippen molar-refractivity contribution in [2.75, 3.05) is 33.4 Å². The second kappa shape index (κ2) is 8.80. The number of benzene rings is 1. The van der Waals surface area contributed by atoms with Gasteiger partial charge in [0, 0.05) is 46.6 Å². The molecule has 1 heterocycles. The summed E-state index contributed by atoms with van der Waals surface area (Å²) < 4.78 is 5.04. The van der Waals surface area contributed by atoms with E-state index < -0.39 is 11.4 Å². The summed E-state index contributed by atoms with van der Waals surface area (Å²) in [7, 11) is 1.46. The monoisotopic (exact) mass is 362 g/mol. The Labute approximate surface area is 153 Å². The molecule has 1 aromatic carbocycles. The Morgan fingerprint density at radius 2 is 1.96 bits per heavy atom. The molecule has 1 atom stereocenters. The van der Waals surface area contributed by atoms with Gasteiger partial charge in [0.15, 0.2) is 0 Å². The van der Waals surface area contributed by atoms with Crippen LogP contribution >= 0.6 is 0 Å². The van der Waals surface area contributed by atoms with Crippen molar-refractivity contribution < 1.29 is 24.2 Å². The van der Waals surface area contributed by atoms with Crippen molar-refractivity contribution in [1.82, 2.24) is 9.80 Å². The van der Waals surface area contributed by atoms with Gasteiger partial charge in [-0.3, -0.25) is 14.4 Å². The Bertz CT molecular complexity index is 649. The van der Waals surface area contributed by atoms with Crippen LogP contribution in [0.5, 0.6) is 0 Å². The van der Waals surface area contributed by atoms with Crippen molar-refractivity contribution in [1.29, 1.82) is 0 Å². The third-order valence-corrected chi connectivity index (χ3v) is 4.84. The molecule has 1 N–H and O–H groups in total. The molecule has 142 valence electrons. The average molecular weight is 362 g/mol. The van der Waals surface area contributed by atoms with Crippen LogP contribution in [0.15, 0.2) is 30.3 Å². The molecule has 1 aliphatic rings. The zero-order valence-corrected chi connectivity index (χ0v) is 15.3. The maximum absolute atomic E-state index is 12.5. The maximum atomic E-state index is 12.5. The lowest BCUT2D eigenvalue weighted by molar-refractivity contribution is -0.151. The van der Waals surface area contributed by atoms with E-state index in [1.54, 1.807) is 9.80 Å². The summed E-state index contributed by atoms with van der Waals surface area (Å²) in [4.78, 5) is 39.1. The average Bonchev–Trinajstić information content (AvgIpc) is 3.05. The normalized spacial score (nSPS) is 19.4. The van der Waals surface area contributed by atoms with Crippen LogP contribution in [0.3, 0.4) is 0 Å². The molecule has 7 nitrogen and oxygen atoms in total. The highest BCUT2D eigenvalue weighted by atomic mass is 16.5. The van der Waals surface area contributed by atoms with E-state index in [0.717, 1.165) is 5.56 Å². The third-order valence-electron chi connectivity index (χ3n) is 4.84. The van der Waals surface area contributed by atoms with Crippen molar-refractivity contribution >= 4 is 17.8 Å². The minimum absolute atomic E-state index is 0.0830. The quantitative estimate of drug-likeness (QED) is 0.755. The molecule has 0 spiro atoms. The zero-order valence-electron chi connectivity index (χ0n) is 15.3. The van der Waals surface area contributed by atoms with Gasteiger partial charge in [-0.05, 0) is 12.0 Å². The van der Waals surface area contributed by atoms with Crippen LogP contribution in [0.4, 0.5) is 0 Å². The van der Waals surface area contributed by atoms with Gasteiger partial charge in [0.1, 0.15) is 5.41 Å². The number of carboxylic acid groups (broad SMARTS) is 1. The summed E-state index contributed by atoms with van der Waals surface area (Å²) in [5.41, 5.74) is -0.0318. The van der Waals surface area contributed by atoms with Crippen LogP contribution in [0.25, 0.3) is 0 Å². The fourth-order valence-electron chi connectivity index (χ4n) is 3.26. The number of rotatable bonds is 8. The van der Waals surface area contributed by atoms with Gasteiger partial charge >= 0.3 is 5.97 Å². The van der Waals surface area contributed by atoms with Crippen molar-refractivity contribution in [2.24, 2.45) is 5.41 Å². The number of methoxy groups -OCH3 is 1. The highest BCUT2D eigenvalue weighted by Gasteiger charge is 2.46. The van der Waals surface area contributed by atoms with Crippen LogP contribution in [0.2, 0.25) is 0 Å². The summed E-state index contributed by atoms with van der Waals surface area (Å²) in [5, 5.41) is 9.48. The number of aliphatic carboxylic acids is 1. The number of ether oxygens (including phenoxy) is 1. The second-order valence-electron chi connectivity index (χ2n) is 6.76. The summed E-state index contributed by atoms with van der Waals surface area (Å²) in [6.07, 6.45) is 0.553. The molecule has 26 heavy (non-hydrogen) atoms. The predicted molar refractivity (Wildman–Crippen MR) is 95.3 cm³/mol. The Morgan fingerprint density at radius 1 is 1.27 bits per heavy atom. The molecule has 0 radical (unpaired) electrons. The number of hydrogen-bond donors (Lipinski definition) is 1. The number of carbonyl (C=O) groups is 3. The van der Waals surface area contributed by atoms with Crippen molar-refractivity contribution in [3.63, 3.8) is 0 Å². The summed E-state index contributed by atoms with van der Waals surface area (Å²) in [5.74, 6) is -1.17. The van der Waals surface area contributed by atoms with Crippen molar-refractivity contribution in [2.45, 2.75) is 26.3 Å². The van der Waals surface area contributed by atoms with E-state index in [-0.39, 0.29) is 31.4 Å². The lowest BCUT2D eigenvalue weighted by Gasteiger charge is -2.25. The highest BCUT2D eigenvalue weighted by molar-refractivity contribution is 5.81. The lowest BCUT2D eigenvalue weighted by Crippen LogP contribution is -2.41. The SMILES string of the molecule is COCC1(C(=O)O)CCN(C(=O)CCN(Cc2ccccc2)C(C)=O)C1. The Balaban J connectivity index is 1.92. The first-order chi connectivity index (χ1) is 12.4. The smallest absolute Gasteiger partial charge is 0.313 e. The van der Waals surface area contributed by atoms with Gasteiger partial charge in [-0.25, -0.2) is 0 Å². The lowest BCUT2D eigenvalue weighted by atomic mass is 9.88. The van der Waals surface area contributed by atoms with Gasteiger partial charge in [-0.2, -0.15) is 0 Å². The Morgan fingerprint density at radius 3 is 2.54 bits per heavy atom. The van der Waals surface area contributed by atoms with Crippen LogP contribution in [0, 0.1) is 5.41 Å². The molecule has 1 unspecified atom stereocenters. The summed E-state index contributed by atoms with van der Waals surface area (Å²) in [6.45, 7) is 2.87. The molecule has 1 aromatic rings. The molecule has 0 aromatic heterocycles. The molecular weight excluding hydrogens is 336 g/mol. The number of nitrogens with zero attached hydrogens (tertiary/aromatic N) is 2. The van der Waals surface area contributed by atoms with Crippen LogP contribution in [0.1, 0.15) is 25.3 Å². The van der Waals surface area contributed by atoms with Gasteiger partial charge in [0.25, 0.3) is 0 Å². The zero-order chi connectivity index (χ0) is 19.2. The molecule has 2 amide bonds. The first-order valence-corrected chi connectivity index (χ1v) is 8.67. The number of amides is 2. The van der Waals surface area contributed by atoms with E-state index in [1.165, 1.54) is 14.0 Å². The number of carboxylic acids is 1. The molecule has 0 bridgehead atoms. The molecule has 0 saturated carbocycles. The standard InChI is InChI=1S/C19H26N2O5/c1-15(22)20(12-16-6-4-3-5-7-16)10-8-17(23)21-11-9-19(13-21,14-26-2)18(24)25/h3-7H,8-14H2,1-2H3,(H,24,25). The van der Waals surface area contributed by atoms with E-state index in [0.29, 0.717) is 26.1 Å². The molecule has 1 aliphatic heterocycles. The predicted octanol–water partition coefficient (Wildman–Crippen LogP) is 1.37. The molecule has 1 fully saturated rings. The van der Waals surface area contributed by atoms with Gasteiger partial charge in [0.05, 0.1) is 6.61 Å². The van der Waals surface area contributed by atoms with Gasteiger partial charge < -0.3 is 19.6 Å². The Hall–Kier alpha value is -2.41. The second-order valence-corrected chi connectivity index (χ2v) is 6.76. The fraction of sp³-hybridized carbons (Fsp3) is 0.526. The largest absolute Gasteiger partial charge is 0.481 e. The number of hydrogen-bond acceptors (Lipinski definition) is 4. The summed E-state index contributed by atoms with van der Waals surface area (Å²) >= 11 is 0. The summed E-state index contributed by atoms with van der Waals surface area (Å²) in [6, 6.07) is 9.59. The molecule has 1 saturated heterocycles. The van der Waals surface area contributed by atoms with E-state index in [9.17, 15) is 19.5 Å². The number of carbonyl (C=O) groups excluding carboxylic acids is 2. The highest BCUT2D eigenvalue weighted by Crippen LogP contribution is 2.31. The van der Waals surface area contributed by atoms with E-state index in [1.807, 2.05) is 30.3 Å². The topological polar surface area (TPSA) is 87.2 Å². The van der Waals surface area contributed by atoms with E-state index >= 15 is 0 Å².